The van der Waals surface area contributed by atoms with Crippen molar-refractivity contribution in [1.29, 1.82) is 0 Å². The number of alkyl halides is 3. The highest BCUT2D eigenvalue weighted by molar-refractivity contribution is 5.61. The number of nitrogen functional groups attached to an aromatic ring is 1. The monoisotopic (exact) mass is 259 g/mol. The van der Waals surface area contributed by atoms with E-state index in [4.69, 9.17) is 5.73 Å². The van der Waals surface area contributed by atoms with Crippen LogP contribution in [0, 0.1) is 0 Å². The van der Waals surface area contributed by atoms with Gasteiger partial charge in [-0.3, -0.25) is 0 Å². The van der Waals surface area contributed by atoms with E-state index in [1.807, 2.05) is 7.05 Å². The van der Waals surface area contributed by atoms with Crippen molar-refractivity contribution < 1.29 is 13.2 Å². The Labute approximate surface area is 104 Å². The van der Waals surface area contributed by atoms with Gasteiger partial charge < -0.3 is 15.5 Å². The van der Waals surface area contributed by atoms with E-state index in [1.165, 1.54) is 12.1 Å². The van der Waals surface area contributed by atoms with Gasteiger partial charge in [-0.25, -0.2) is 0 Å². The molecule has 2 rings (SSSR count). The van der Waals surface area contributed by atoms with E-state index in [0.29, 0.717) is 13.1 Å². The molecular formula is C12H16F3N3. The molecule has 0 aliphatic carbocycles. The van der Waals surface area contributed by atoms with Gasteiger partial charge in [-0.15, -0.1) is 0 Å². The standard InChI is InChI=1S/C12H16F3N3/c1-17-4-6-18(7-5-17)11-3-2-9(16)8-10(11)12(13,14)15/h2-3,8H,4-7,16H2,1H3. The summed E-state index contributed by atoms with van der Waals surface area (Å²) < 4.78 is 38.9. The molecule has 0 radical (unpaired) electrons. The number of nitrogens with two attached hydrogens (primary N) is 1. The van der Waals surface area contributed by atoms with Crippen LogP contribution in [0.1, 0.15) is 5.56 Å². The van der Waals surface area contributed by atoms with Crippen LogP contribution in [-0.2, 0) is 6.18 Å². The normalized spacial score (nSPS) is 18.1. The van der Waals surface area contributed by atoms with E-state index in [9.17, 15) is 13.2 Å². The van der Waals surface area contributed by atoms with Crippen molar-refractivity contribution in [3.8, 4) is 0 Å². The summed E-state index contributed by atoms with van der Waals surface area (Å²) in [5.74, 6) is 0. The van der Waals surface area contributed by atoms with E-state index >= 15 is 0 Å². The molecule has 0 unspecified atom stereocenters. The highest BCUT2D eigenvalue weighted by Crippen LogP contribution is 2.38. The van der Waals surface area contributed by atoms with Gasteiger partial charge in [-0.1, -0.05) is 0 Å². The topological polar surface area (TPSA) is 32.5 Å². The number of hydrogen-bond acceptors (Lipinski definition) is 3. The molecule has 0 saturated carbocycles. The predicted molar refractivity (Wildman–Crippen MR) is 65.6 cm³/mol. The number of likely N-dealkylation sites (N-methyl/N-ethyl adjacent to an activating group) is 1. The molecule has 18 heavy (non-hydrogen) atoms. The van der Waals surface area contributed by atoms with Gasteiger partial charge in [0.2, 0.25) is 0 Å². The van der Waals surface area contributed by atoms with Gasteiger partial charge in [0.05, 0.1) is 5.56 Å². The van der Waals surface area contributed by atoms with Crippen molar-refractivity contribution in [1.82, 2.24) is 4.90 Å². The zero-order valence-electron chi connectivity index (χ0n) is 10.2. The Morgan fingerprint density at radius 1 is 1.11 bits per heavy atom. The first-order valence-corrected chi connectivity index (χ1v) is 5.78. The minimum atomic E-state index is -4.37. The number of hydrogen-bond donors (Lipinski definition) is 1. The third-order valence-corrected chi connectivity index (χ3v) is 3.17. The average Bonchev–Trinajstić information content (AvgIpc) is 2.29. The first kappa shape index (κ1) is 13.0. The largest absolute Gasteiger partial charge is 0.418 e. The molecular weight excluding hydrogens is 243 g/mol. The maximum Gasteiger partial charge on any atom is 0.418 e. The number of rotatable bonds is 1. The molecule has 100 valence electrons. The van der Waals surface area contributed by atoms with Crippen LogP contribution in [0.2, 0.25) is 0 Å². The fourth-order valence-corrected chi connectivity index (χ4v) is 2.10. The van der Waals surface area contributed by atoms with Crippen LogP contribution >= 0.6 is 0 Å². The minimum Gasteiger partial charge on any atom is -0.399 e. The minimum absolute atomic E-state index is 0.139. The second kappa shape index (κ2) is 4.68. The van der Waals surface area contributed by atoms with E-state index in [1.54, 1.807) is 4.90 Å². The van der Waals surface area contributed by atoms with E-state index in [0.717, 1.165) is 19.2 Å². The molecule has 1 fully saturated rings. The van der Waals surface area contributed by atoms with Crippen LogP contribution in [-0.4, -0.2) is 38.1 Å². The Balaban J connectivity index is 2.32. The van der Waals surface area contributed by atoms with Crippen LogP contribution in [0.15, 0.2) is 18.2 Å². The van der Waals surface area contributed by atoms with Gasteiger partial charge >= 0.3 is 6.18 Å². The summed E-state index contributed by atoms with van der Waals surface area (Å²) in [6, 6.07) is 3.99. The summed E-state index contributed by atoms with van der Waals surface area (Å²) in [4.78, 5) is 3.86. The first-order chi connectivity index (χ1) is 8.38. The molecule has 1 aromatic rings. The lowest BCUT2D eigenvalue weighted by atomic mass is 10.1. The summed E-state index contributed by atoms with van der Waals surface area (Å²) in [6.07, 6.45) is -4.37. The van der Waals surface area contributed by atoms with Crippen molar-refractivity contribution in [3.63, 3.8) is 0 Å². The van der Waals surface area contributed by atoms with Gasteiger partial charge in [0.15, 0.2) is 0 Å². The molecule has 2 N–H and O–H groups in total. The maximum atomic E-state index is 13.0. The van der Waals surface area contributed by atoms with Crippen LogP contribution in [0.4, 0.5) is 24.5 Å². The van der Waals surface area contributed by atoms with Crippen LogP contribution < -0.4 is 10.6 Å². The van der Waals surface area contributed by atoms with Crippen molar-refractivity contribution in [2.75, 3.05) is 43.9 Å². The van der Waals surface area contributed by atoms with Gasteiger partial charge in [0.25, 0.3) is 0 Å². The number of piperazine rings is 1. The van der Waals surface area contributed by atoms with Crippen molar-refractivity contribution >= 4 is 11.4 Å². The molecule has 1 aliphatic rings. The Hall–Kier alpha value is -1.43. The molecule has 0 aromatic heterocycles. The first-order valence-electron chi connectivity index (χ1n) is 5.78. The van der Waals surface area contributed by atoms with Crippen molar-refractivity contribution in [2.24, 2.45) is 0 Å². The van der Waals surface area contributed by atoms with E-state index in [-0.39, 0.29) is 11.4 Å². The average molecular weight is 259 g/mol. The molecule has 1 heterocycles. The fraction of sp³-hybridized carbons (Fsp3) is 0.500. The highest BCUT2D eigenvalue weighted by Gasteiger charge is 2.35. The van der Waals surface area contributed by atoms with Crippen LogP contribution in [0.5, 0.6) is 0 Å². The Bertz CT molecular complexity index is 423. The molecule has 0 atom stereocenters. The van der Waals surface area contributed by atoms with Crippen LogP contribution in [0.25, 0.3) is 0 Å². The van der Waals surface area contributed by atoms with Gasteiger partial charge in [-0.2, -0.15) is 13.2 Å². The lowest BCUT2D eigenvalue weighted by molar-refractivity contribution is -0.137. The lowest BCUT2D eigenvalue weighted by Crippen LogP contribution is -2.45. The third-order valence-electron chi connectivity index (χ3n) is 3.17. The molecule has 1 aromatic carbocycles. The van der Waals surface area contributed by atoms with Crippen molar-refractivity contribution in [3.05, 3.63) is 23.8 Å². The zero-order valence-corrected chi connectivity index (χ0v) is 10.2. The number of benzene rings is 1. The molecule has 0 amide bonds. The van der Waals surface area contributed by atoms with Gasteiger partial charge in [0.1, 0.15) is 0 Å². The number of nitrogens with zero attached hydrogens (tertiary/aromatic N) is 2. The number of anilines is 2. The molecule has 1 saturated heterocycles. The highest BCUT2D eigenvalue weighted by atomic mass is 19.4. The molecule has 0 spiro atoms. The number of halogens is 3. The predicted octanol–water partition coefficient (Wildman–Crippen LogP) is 2.04. The summed E-state index contributed by atoms with van der Waals surface area (Å²) >= 11 is 0. The molecule has 0 bridgehead atoms. The summed E-state index contributed by atoms with van der Waals surface area (Å²) in [6.45, 7) is 2.73. The van der Waals surface area contributed by atoms with E-state index in [2.05, 4.69) is 4.90 Å². The SMILES string of the molecule is CN1CCN(c2ccc(N)cc2C(F)(F)F)CC1. The lowest BCUT2D eigenvalue weighted by Gasteiger charge is -2.35. The maximum absolute atomic E-state index is 13.0. The van der Waals surface area contributed by atoms with Crippen LogP contribution in [0.3, 0.4) is 0 Å². The van der Waals surface area contributed by atoms with Crippen molar-refractivity contribution in [2.45, 2.75) is 6.18 Å². The third kappa shape index (κ3) is 2.69. The molecule has 3 nitrogen and oxygen atoms in total. The van der Waals surface area contributed by atoms with Gasteiger partial charge in [0, 0.05) is 37.6 Å². The second-order valence-electron chi connectivity index (χ2n) is 4.56. The second-order valence-corrected chi connectivity index (χ2v) is 4.56. The summed E-state index contributed by atoms with van der Waals surface area (Å²) in [5, 5.41) is 0. The Morgan fingerprint density at radius 3 is 2.28 bits per heavy atom. The quantitative estimate of drug-likeness (QED) is 0.783. The summed E-state index contributed by atoms with van der Waals surface area (Å²) in [5.41, 5.74) is 5.17. The zero-order chi connectivity index (χ0) is 13.3. The molecule has 1 aliphatic heterocycles. The van der Waals surface area contributed by atoms with E-state index < -0.39 is 11.7 Å². The molecule has 6 heteroatoms. The fourth-order valence-electron chi connectivity index (χ4n) is 2.10. The summed E-state index contributed by atoms with van der Waals surface area (Å²) in [7, 11) is 1.96. The Kier molecular flexibility index (Phi) is 3.38. The Morgan fingerprint density at radius 2 is 1.72 bits per heavy atom. The smallest absolute Gasteiger partial charge is 0.399 e. The van der Waals surface area contributed by atoms with Gasteiger partial charge in [-0.05, 0) is 25.2 Å².